The van der Waals surface area contributed by atoms with Gasteiger partial charge in [0.25, 0.3) is 0 Å². The quantitative estimate of drug-likeness (QED) is 0.867. The van der Waals surface area contributed by atoms with E-state index in [0.29, 0.717) is 12.0 Å². The minimum Gasteiger partial charge on any atom is -0.309 e. The summed E-state index contributed by atoms with van der Waals surface area (Å²) >= 11 is 3.70. The Morgan fingerprint density at radius 2 is 2.07 bits per heavy atom. The summed E-state index contributed by atoms with van der Waals surface area (Å²) in [5, 5.41) is 11.2. The summed E-state index contributed by atoms with van der Waals surface area (Å²) < 4.78 is 1.23. The average molecular weight is 270 g/mol. The molecule has 3 rings (SSSR count). The third kappa shape index (κ3) is 1.64. The van der Waals surface area contributed by atoms with Crippen LogP contribution in [0.25, 0.3) is 0 Å². The molecule has 0 aromatic carbocycles. The summed E-state index contributed by atoms with van der Waals surface area (Å²) in [6.07, 6.45) is 6.47. The molecule has 2 heterocycles. The molecule has 0 amide bonds. The fourth-order valence-corrected chi connectivity index (χ4v) is 3.25. The second-order valence-electron chi connectivity index (χ2n) is 4.61. The Hall–Kier alpha value is -0.350. The lowest BCUT2D eigenvalue weighted by Gasteiger charge is -2.23. The van der Waals surface area contributed by atoms with Gasteiger partial charge in [-0.15, -0.1) is 0 Å². The molecule has 4 heteroatoms. The van der Waals surface area contributed by atoms with Crippen molar-refractivity contribution in [1.29, 1.82) is 0 Å². The zero-order valence-corrected chi connectivity index (χ0v) is 10.3. The van der Waals surface area contributed by atoms with Gasteiger partial charge >= 0.3 is 0 Å². The van der Waals surface area contributed by atoms with Crippen molar-refractivity contribution in [3.8, 4) is 0 Å². The van der Waals surface area contributed by atoms with Crippen LogP contribution >= 0.6 is 15.9 Å². The maximum atomic E-state index is 4.47. The minimum atomic E-state index is 0.487. The molecule has 1 saturated heterocycles. The van der Waals surface area contributed by atoms with Gasteiger partial charge in [0.2, 0.25) is 0 Å². The first kappa shape index (κ1) is 9.85. The van der Waals surface area contributed by atoms with E-state index in [1.54, 1.807) is 0 Å². The molecule has 2 aliphatic rings. The van der Waals surface area contributed by atoms with Crippen LogP contribution in [0, 0.1) is 0 Å². The standard InChI is InChI=1S/C11H16BrN3/c12-9-10(7-3-1-4-7)14-15-11(9)8-5-2-6-13-8/h7-8,13H,1-6H2,(H,14,15). The Kier molecular flexibility index (Phi) is 2.56. The van der Waals surface area contributed by atoms with Crippen LogP contribution in [-0.4, -0.2) is 16.7 Å². The zero-order valence-electron chi connectivity index (χ0n) is 8.72. The van der Waals surface area contributed by atoms with Crippen molar-refractivity contribution in [2.24, 2.45) is 0 Å². The number of nitrogens with one attached hydrogen (secondary N) is 2. The molecule has 1 aromatic heterocycles. The van der Waals surface area contributed by atoms with Crippen LogP contribution in [0.2, 0.25) is 0 Å². The first-order valence-electron chi connectivity index (χ1n) is 5.83. The SMILES string of the molecule is Brc1c(C2CCC2)n[nH]c1C1CCCN1. The highest BCUT2D eigenvalue weighted by Crippen LogP contribution is 2.41. The van der Waals surface area contributed by atoms with Gasteiger partial charge in [0.05, 0.1) is 21.9 Å². The lowest BCUT2D eigenvalue weighted by molar-refractivity contribution is 0.409. The van der Waals surface area contributed by atoms with E-state index in [1.165, 1.54) is 48.0 Å². The molecule has 2 fully saturated rings. The third-order valence-electron chi connectivity index (χ3n) is 3.66. The second-order valence-corrected chi connectivity index (χ2v) is 5.41. The van der Waals surface area contributed by atoms with Crippen molar-refractivity contribution >= 4 is 15.9 Å². The molecular weight excluding hydrogens is 254 g/mol. The van der Waals surface area contributed by atoms with E-state index < -0.39 is 0 Å². The molecule has 1 aliphatic heterocycles. The van der Waals surface area contributed by atoms with Crippen LogP contribution in [0.3, 0.4) is 0 Å². The maximum absolute atomic E-state index is 4.47. The number of aromatic nitrogens is 2. The van der Waals surface area contributed by atoms with Gasteiger partial charge in [-0.3, -0.25) is 5.10 Å². The predicted octanol–water partition coefficient (Wildman–Crippen LogP) is 2.86. The largest absolute Gasteiger partial charge is 0.309 e. The van der Waals surface area contributed by atoms with Gasteiger partial charge in [-0.25, -0.2) is 0 Å². The normalized spacial score (nSPS) is 26.9. The number of hydrogen-bond donors (Lipinski definition) is 2. The Labute approximate surface area is 98.2 Å². The fourth-order valence-electron chi connectivity index (χ4n) is 2.47. The van der Waals surface area contributed by atoms with Crippen molar-refractivity contribution in [2.75, 3.05) is 6.54 Å². The second kappa shape index (κ2) is 3.91. The number of H-pyrrole nitrogens is 1. The number of aromatic amines is 1. The Morgan fingerprint density at radius 1 is 1.20 bits per heavy atom. The van der Waals surface area contributed by atoms with Crippen molar-refractivity contribution in [3.63, 3.8) is 0 Å². The summed E-state index contributed by atoms with van der Waals surface area (Å²) in [7, 11) is 0. The van der Waals surface area contributed by atoms with E-state index in [9.17, 15) is 0 Å². The number of halogens is 1. The molecule has 1 atom stereocenters. The molecule has 1 saturated carbocycles. The zero-order chi connectivity index (χ0) is 10.3. The topological polar surface area (TPSA) is 40.7 Å². The Morgan fingerprint density at radius 3 is 2.67 bits per heavy atom. The van der Waals surface area contributed by atoms with Crippen LogP contribution < -0.4 is 5.32 Å². The fraction of sp³-hybridized carbons (Fsp3) is 0.727. The summed E-state index contributed by atoms with van der Waals surface area (Å²) in [6.45, 7) is 1.13. The molecule has 0 spiro atoms. The summed E-state index contributed by atoms with van der Waals surface area (Å²) in [6, 6.07) is 0.487. The summed E-state index contributed by atoms with van der Waals surface area (Å²) in [4.78, 5) is 0. The molecule has 2 N–H and O–H groups in total. The molecular formula is C11H16BrN3. The van der Waals surface area contributed by atoms with Gasteiger partial charge in [-0.05, 0) is 48.2 Å². The smallest absolute Gasteiger partial charge is 0.0798 e. The van der Waals surface area contributed by atoms with E-state index in [4.69, 9.17) is 0 Å². The van der Waals surface area contributed by atoms with Crippen LogP contribution in [0.5, 0.6) is 0 Å². The van der Waals surface area contributed by atoms with Gasteiger partial charge in [0, 0.05) is 5.92 Å². The first-order chi connectivity index (χ1) is 7.36. The van der Waals surface area contributed by atoms with Gasteiger partial charge in [0.1, 0.15) is 0 Å². The summed E-state index contributed by atoms with van der Waals surface area (Å²) in [5.41, 5.74) is 2.51. The molecule has 0 bridgehead atoms. The molecule has 0 radical (unpaired) electrons. The highest BCUT2D eigenvalue weighted by atomic mass is 79.9. The van der Waals surface area contributed by atoms with Crippen LogP contribution in [-0.2, 0) is 0 Å². The van der Waals surface area contributed by atoms with Crippen LogP contribution in [0.15, 0.2) is 4.47 Å². The lowest BCUT2D eigenvalue weighted by atomic mass is 9.83. The maximum Gasteiger partial charge on any atom is 0.0798 e. The average Bonchev–Trinajstić information content (AvgIpc) is 2.74. The van der Waals surface area contributed by atoms with Crippen LogP contribution in [0.1, 0.15) is 55.5 Å². The lowest BCUT2D eigenvalue weighted by Crippen LogP contribution is -2.14. The van der Waals surface area contributed by atoms with Crippen LogP contribution in [0.4, 0.5) is 0 Å². The third-order valence-corrected chi connectivity index (χ3v) is 4.49. The van der Waals surface area contributed by atoms with Gasteiger partial charge in [0.15, 0.2) is 0 Å². The van der Waals surface area contributed by atoms with Crippen molar-refractivity contribution in [3.05, 3.63) is 15.9 Å². The van der Waals surface area contributed by atoms with E-state index in [1.807, 2.05) is 0 Å². The minimum absolute atomic E-state index is 0.487. The Bertz CT molecular complexity index is 351. The number of nitrogens with zero attached hydrogens (tertiary/aromatic N) is 1. The van der Waals surface area contributed by atoms with Gasteiger partial charge < -0.3 is 5.32 Å². The highest BCUT2D eigenvalue weighted by molar-refractivity contribution is 9.10. The number of hydrogen-bond acceptors (Lipinski definition) is 2. The monoisotopic (exact) mass is 269 g/mol. The number of rotatable bonds is 2. The molecule has 1 unspecified atom stereocenters. The van der Waals surface area contributed by atoms with E-state index in [-0.39, 0.29) is 0 Å². The molecule has 1 aliphatic carbocycles. The predicted molar refractivity (Wildman–Crippen MR) is 62.9 cm³/mol. The summed E-state index contributed by atoms with van der Waals surface area (Å²) in [5.74, 6) is 0.700. The molecule has 3 nitrogen and oxygen atoms in total. The van der Waals surface area contributed by atoms with Gasteiger partial charge in [-0.1, -0.05) is 6.42 Å². The van der Waals surface area contributed by atoms with E-state index in [0.717, 1.165) is 6.54 Å². The highest BCUT2D eigenvalue weighted by Gasteiger charge is 2.28. The van der Waals surface area contributed by atoms with Gasteiger partial charge in [-0.2, -0.15) is 5.10 Å². The first-order valence-corrected chi connectivity index (χ1v) is 6.62. The molecule has 1 aromatic rings. The molecule has 82 valence electrons. The van der Waals surface area contributed by atoms with Crippen molar-refractivity contribution < 1.29 is 0 Å². The Balaban J connectivity index is 1.85. The van der Waals surface area contributed by atoms with Crippen molar-refractivity contribution in [2.45, 2.75) is 44.1 Å². The van der Waals surface area contributed by atoms with E-state index >= 15 is 0 Å². The van der Waals surface area contributed by atoms with E-state index in [2.05, 4.69) is 31.4 Å². The van der Waals surface area contributed by atoms with Crippen molar-refractivity contribution in [1.82, 2.24) is 15.5 Å². The molecule has 15 heavy (non-hydrogen) atoms.